The van der Waals surface area contributed by atoms with Crippen molar-refractivity contribution in [1.29, 1.82) is 0 Å². The molecular formula is C22H29FN2O3Si. The minimum atomic E-state index is -2.05. The molecule has 0 radical (unpaired) electrons. The fourth-order valence-corrected chi connectivity index (χ4v) is 9.86. The minimum Gasteiger partial charge on any atom is -0.270 e. The summed E-state index contributed by atoms with van der Waals surface area (Å²) >= 11 is 0. The van der Waals surface area contributed by atoms with Crippen LogP contribution in [0.3, 0.4) is 0 Å². The lowest BCUT2D eigenvalue weighted by atomic mass is 10.1. The molecule has 1 aromatic carbocycles. The Bertz CT molecular complexity index is 814. The van der Waals surface area contributed by atoms with Crippen LogP contribution in [-0.4, -0.2) is 36.7 Å². The van der Waals surface area contributed by atoms with Crippen LogP contribution in [0.1, 0.15) is 68.7 Å². The second-order valence-corrected chi connectivity index (χ2v) is 14.0. The maximum Gasteiger partial charge on any atom is 0.271 e. The van der Waals surface area contributed by atoms with Crippen LogP contribution in [0.5, 0.6) is 0 Å². The van der Waals surface area contributed by atoms with Gasteiger partial charge in [0.15, 0.2) is 0 Å². The lowest BCUT2D eigenvalue weighted by molar-refractivity contribution is -0.129. The number of benzene rings is 1. The Morgan fingerprint density at radius 3 is 1.83 bits per heavy atom. The van der Waals surface area contributed by atoms with Crippen molar-refractivity contribution >= 4 is 25.8 Å². The molecule has 0 bridgehead atoms. The average Bonchev–Trinajstić information content (AvgIpc) is 2.92. The number of hydrogen-bond donors (Lipinski definition) is 1. The number of halogens is 1. The van der Waals surface area contributed by atoms with Gasteiger partial charge in [0.2, 0.25) is 0 Å². The second kappa shape index (κ2) is 8.91. The number of hydrogen-bond acceptors (Lipinski definition) is 3. The van der Waals surface area contributed by atoms with E-state index in [1.807, 2.05) is 0 Å². The Labute approximate surface area is 173 Å². The van der Waals surface area contributed by atoms with E-state index in [1.54, 1.807) is 12.1 Å². The van der Waals surface area contributed by atoms with Crippen molar-refractivity contribution < 1.29 is 18.9 Å². The summed E-state index contributed by atoms with van der Waals surface area (Å²) in [7, 11) is -2.05. The largest absolute Gasteiger partial charge is 0.271 e. The van der Waals surface area contributed by atoms with Gasteiger partial charge in [0.05, 0.1) is 11.1 Å². The number of imide groups is 1. The van der Waals surface area contributed by atoms with Crippen molar-refractivity contribution in [2.75, 3.05) is 0 Å². The third-order valence-corrected chi connectivity index (χ3v) is 12.3. The van der Waals surface area contributed by atoms with E-state index in [2.05, 4.69) is 53.0 Å². The monoisotopic (exact) mass is 416 g/mol. The van der Waals surface area contributed by atoms with Crippen molar-refractivity contribution in [2.24, 2.45) is 0 Å². The molecule has 0 saturated heterocycles. The number of rotatable bonds is 6. The third-order valence-electron chi connectivity index (χ3n) is 6.00. The van der Waals surface area contributed by atoms with E-state index in [9.17, 15) is 18.9 Å². The number of amides is 3. The second-order valence-electron chi connectivity index (χ2n) is 8.40. The zero-order chi connectivity index (χ0) is 21.9. The summed E-state index contributed by atoms with van der Waals surface area (Å²) in [5, 5.41) is 0. The fourth-order valence-electron chi connectivity index (χ4n) is 4.59. The first kappa shape index (κ1) is 22.8. The van der Waals surface area contributed by atoms with Gasteiger partial charge in [0.1, 0.15) is 14.1 Å². The predicted octanol–water partition coefficient (Wildman–Crippen LogP) is 4.26. The van der Waals surface area contributed by atoms with E-state index >= 15 is 0 Å². The summed E-state index contributed by atoms with van der Waals surface area (Å²) in [6, 6.07) is 5.04. The van der Waals surface area contributed by atoms with Crippen LogP contribution in [0.4, 0.5) is 4.48 Å². The molecule has 2 rings (SSSR count). The van der Waals surface area contributed by atoms with Gasteiger partial charge in [0, 0.05) is 6.42 Å². The van der Waals surface area contributed by atoms with Crippen LogP contribution in [-0.2, 0) is 4.79 Å². The van der Waals surface area contributed by atoms with Crippen LogP contribution in [0.25, 0.3) is 0 Å². The third kappa shape index (κ3) is 3.99. The summed E-state index contributed by atoms with van der Waals surface area (Å²) in [4.78, 5) is 38.5. The molecule has 1 aromatic rings. The summed E-state index contributed by atoms with van der Waals surface area (Å²) in [6.45, 7) is 13.0. The van der Waals surface area contributed by atoms with Crippen molar-refractivity contribution in [3.8, 4) is 11.5 Å². The lowest BCUT2D eigenvalue weighted by Crippen LogP contribution is -2.48. The summed E-state index contributed by atoms with van der Waals surface area (Å²) in [5.41, 5.74) is 6.15. The van der Waals surface area contributed by atoms with Gasteiger partial charge in [-0.3, -0.25) is 19.3 Å². The topological polar surface area (TPSA) is 66.5 Å². The van der Waals surface area contributed by atoms with Gasteiger partial charge >= 0.3 is 0 Å². The van der Waals surface area contributed by atoms with Crippen LogP contribution >= 0.6 is 0 Å². The SMILES string of the molecule is CC(C)[Si](C#CCC(C(=O)NF)N1C(=O)c2ccccc2C1=O)(C(C)C)C(C)C. The normalized spacial score (nSPS) is 14.9. The maximum absolute atomic E-state index is 13.0. The Morgan fingerprint density at radius 1 is 1.00 bits per heavy atom. The molecule has 1 aliphatic rings. The van der Waals surface area contributed by atoms with Gasteiger partial charge in [-0.2, -0.15) is 5.54 Å². The highest BCUT2D eigenvalue weighted by Gasteiger charge is 2.44. The molecule has 1 N–H and O–H groups in total. The Morgan fingerprint density at radius 2 is 1.45 bits per heavy atom. The zero-order valence-electron chi connectivity index (χ0n) is 17.9. The van der Waals surface area contributed by atoms with Crippen molar-refractivity contribution in [3.63, 3.8) is 0 Å². The molecule has 0 fully saturated rings. The molecule has 29 heavy (non-hydrogen) atoms. The van der Waals surface area contributed by atoms with Gasteiger partial charge in [-0.15, -0.1) is 15.9 Å². The van der Waals surface area contributed by atoms with Crippen LogP contribution < -0.4 is 5.54 Å². The number of fused-ring (bicyclic) bond motifs is 1. The molecule has 5 nitrogen and oxygen atoms in total. The number of nitrogens with one attached hydrogen (secondary N) is 1. The number of carbonyl (C=O) groups excluding carboxylic acids is 3. The fraction of sp³-hybridized carbons (Fsp3) is 0.500. The smallest absolute Gasteiger partial charge is 0.270 e. The van der Waals surface area contributed by atoms with E-state index in [0.717, 1.165) is 10.4 Å². The Hall–Kier alpha value is -2.46. The van der Waals surface area contributed by atoms with E-state index < -0.39 is 31.8 Å². The van der Waals surface area contributed by atoms with Gasteiger partial charge in [0.25, 0.3) is 17.7 Å². The minimum absolute atomic E-state index is 0.0951. The quantitative estimate of drug-likeness (QED) is 0.326. The molecule has 1 unspecified atom stereocenters. The van der Waals surface area contributed by atoms with Crippen molar-refractivity contribution in [2.45, 2.75) is 70.6 Å². The maximum atomic E-state index is 13.0. The van der Waals surface area contributed by atoms with Gasteiger partial charge in [-0.05, 0) is 28.8 Å². The highest BCUT2D eigenvalue weighted by molar-refractivity contribution is 6.90. The van der Waals surface area contributed by atoms with Crippen LogP contribution in [0.15, 0.2) is 24.3 Å². The molecule has 1 heterocycles. The van der Waals surface area contributed by atoms with E-state index in [4.69, 9.17) is 0 Å². The standard InChI is InChI=1S/C22H29FN2O3Si/c1-14(2)29(15(3)4,16(5)6)13-9-12-19(20(26)24-23)25-21(27)17-10-7-8-11-18(17)22(25)28/h7-8,10-11,14-16,19H,12H2,1-6H3,(H,24,26). The van der Waals surface area contributed by atoms with Gasteiger partial charge in [-0.1, -0.05) is 53.7 Å². The molecule has 0 aliphatic carbocycles. The van der Waals surface area contributed by atoms with Crippen molar-refractivity contribution in [3.05, 3.63) is 35.4 Å². The number of carbonyl (C=O) groups is 3. The molecule has 7 heteroatoms. The molecule has 3 amide bonds. The molecule has 156 valence electrons. The highest BCUT2D eigenvalue weighted by atomic mass is 28.3. The molecule has 0 aromatic heterocycles. The zero-order valence-corrected chi connectivity index (χ0v) is 18.9. The first-order valence-electron chi connectivity index (χ1n) is 9.96. The molecular weight excluding hydrogens is 387 g/mol. The first-order valence-corrected chi connectivity index (χ1v) is 12.2. The van der Waals surface area contributed by atoms with Gasteiger partial charge < -0.3 is 0 Å². The summed E-state index contributed by atoms with van der Waals surface area (Å²) < 4.78 is 13.0. The van der Waals surface area contributed by atoms with E-state index in [1.165, 1.54) is 12.1 Å². The Kier molecular flexibility index (Phi) is 7.01. The summed E-state index contributed by atoms with van der Waals surface area (Å²) in [5.74, 6) is 0.834. The summed E-state index contributed by atoms with van der Waals surface area (Å²) in [6.07, 6.45) is -0.0951. The van der Waals surface area contributed by atoms with Crippen LogP contribution in [0.2, 0.25) is 16.6 Å². The van der Waals surface area contributed by atoms with Crippen LogP contribution in [0, 0.1) is 11.5 Å². The Balaban J connectivity index is 2.40. The molecule has 0 saturated carbocycles. The predicted molar refractivity (Wildman–Crippen MR) is 113 cm³/mol. The van der Waals surface area contributed by atoms with Crippen molar-refractivity contribution in [1.82, 2.24) is 10.4 Å². The van der Waals surface area contributed by atoms with Gasteiger partial charge in [-0.25, -0.2) is 0 Å². The first-order chi connectivity index (χ1) is 13.6. The average molecular weight is 417 g/mol. The molecule has 1 atom stereocenters. The van der Waals surface area contributed by atoms with E-state index in [-0.39, 0.29) is 17.5 Å². The highest BCUT2D eigenvalue weighted by Crippen LogP contribution is 2.40. The lowest BCUT2D eigenvalue weighted by Gasteiger charge is -2.38. The molecule has 0 spiro atoms. The van der Waals surface area contributed by atoms with E-state index in [0.29, 0.717) is 16.6 Å². The number of nitrogens with zero attached hydrogens (tertiary/aromatic N) is 1. The molecule has 1 aliphatic heterocycles.